The van der Waals surface area contributed by atoms with Gasteiger partial charge in [0, 0.05) is 10.4 Å². The average molecular weight is 430 g/mol. The molecule has 154 valence electrons. The number of hydrogen-bond donors (Lipinski definition) is 2. The molecule has 7 nitrogen and oxygen atoms in total. The summed E-state index contributed by atoms with van der Waals surface area (Å²) in [5.41, 5.74) is 3.40. The topological polar surface area (TPSA) is 95.2 Å². The monoisotopic (exact) mass is 430 g/mol. The Morgan fingerprint density at radius 2 is 1.74 bits per heavy atom. The van der Waals surface area contributed by atoms with Crippen LogP contribution in [0.15, 0.2) is 59.4 Å². The first-order chi connectivity index (χ1) is 15.0. The fourth-order valence-corrected chi connectivity index (χ4v) is 4.90. The lowest BCUT2D eigenvalue weighted by Gasteiger charge is -2.12. The van der Waals surface area contributed by atoms with Crippen LogP contribution in [0.2, 0.25) is 0 Å². The van der Waals surface area contributed by atoms with Gasteiger partial charge in [0.1, 0.15) is 10.7 Å². The molecule has 0 bridgehead atoms. The molecule has 0 saturated carbocycles. The maximum absolute atomic E-state index is 12.8. The molecule has 0 atom stereocenters. The maximum atomic E-state index is 12.8. The summed E-state index contributed by atoms with van der Waals surface area (Å²) in [6.07, 6.45) is 0. The number of carbonyl (C=O) groups excluding carboxylic acids is 2. The van der Waals surface area contributed by atoms with Crippen LogP contribution in [0, 0.1) is 6.92 Å². The minimum absolute atomic E-state index is 0.0350. The quantitative estimate of drug-likeness (QED) is 0.483. The second kappa shape index (κ2) is 7.48. The molecule has 3 amide bonds. The lowest BCUT2D eigenvalue weighted by molar-refractivity contribution is -0.125. The molecular weight excluding hydrogens is 412 g/mol. The molecule has 2 N–H and O–H groups in total. The minimum atomic E-state index is -0.382. The molecular formula is C23H18N4O3S. The van der Waals surface area contributed by atoms with E-state index in [1.807, 2.05) is 61.5 Å². The SMILES string of the molecule is Cc1c(-c2ccccc2)sc2nc(-c3ccc(CN4C(=O)CNC4=O)cc3)[nH]c(=O)c12. The summed E-state index contributed by atoms with van der Waals surface area (Å²) >= 11 is 1.51. The van der Waals surface area contributed by atoms with Gasteiger partial charge >= 0.3 is 6.03 Å². The highest BCUT2D eigenvalue weighted by molar-refractivity contribution is 7.22. The Morgan fingerprint density at radius 3 is 2.42 bits per heavy atom. The van der Waals surface area contributed by atoms with Crippen LogP contribution < -0.4 is 10.9 Å². The molecule has 0 radical (unpaired) electrons. The zero-order valence-corrected chi connectivity index (χ0v) is 17.5. The van der Waals surface area contributed by atoms with Gasteiger partial charge < -0.3 is 10.3 Å². The number of H-pyrrole nitrogens is 1. The number of amides is 3. The van der Waals surface area contributed by atoms with Gasteiger partial charge in [-0.3, -0.25) is 14.5 Å². The Labute approximate surface area is 181 Å². The normalized spacial score (nSPS) is 13.8. The van der Waals surface area contributed by atoms with E-state index in [2.05, 4.69) is 10.3 Å². The second-order valence-electron chi connectivity index (χ2n) is 7.35. The van der Waals surface area contributed by atoms with Crippen LogP contribution in [-0.2, 0) is 11.3 Å². The van der Waals surface area contributed by atoms with E-state index >= 15 is 0 Å². The number of fused-ring (bicyclic) bond motifs is 1. The number of hydrogen-bond acceptors (Lipinski definition) is 5. The molecule has 3 heterocycles. The molecule has 8 heteroatoms. The first-order valence-electron chi connectivity index (χ1n) is 9.77. The molecule has 1 aliphatic rings. The number of aromatic nitrogens is 2. The number of imide groups is 1. The van der Waals surface area contributed by atoms with Crippen molar-refractivity contribution in [3.05, 3.63) is 76.1 Å². The molecule has 1 aliphatic heterocycles. The fraction of sp³-hybridized carbons (Fsp3) is 0.130. The molecule has 2 aromatic heterocycles. The van der Waals surface area contributed by atoms with Crippen LogP contribution in [0.4, 0.5) is 4.79 Å². The number of thiophene rings is 1. The van der Waals surface area contributed by atoms with Gasteiger partial charge in [0.15, 0.2) is 0 Å². The van der Waals surface area contributed by atoms with E-state index in [0.29, 0.717) is 16.0 Å². The van der Waals surface area contributed by atoms with Crippen molar-refractivity contribution < 1.29 is 9.59 Å². The Morgan fingerprint density at radius 1 is 1.00 bits per heavy atom. The molecule has 5 rings (SSSR count). The van der Waals surface area contributed by atoms with Crippen LogP contribution in [0.5, 0.6) is 0 Å². The predicted octanol–water partition coefficient (Wildman–Crippen LogP) is 3.68. The minimum Gasteiger partial charge on any atom is -0.329 e. The number of rotatable bonds is 4. The zero-order chi connectivity index (χ0) is 21.5. The molecule has 1 fully saturated rings. The summed E-state index contributed by atoms with van der Waals surface area (Å²) in [4.78, 5) is 46.8. The van der Waals surface area contributed by atoms with E-state index in [9.17, 15) is 14.4 Å². The standard InChI is InChI=1S/C23H18N4O3S/c1-13-18-21(29)25-20(26-22(18)31-19(13)15-5-3-2-4-6-15)16-9-7-14(8-10-16)12-27-17(28)11-24-23(27)30/h2-10H,11-12H2,1H3,(H,24,30)(H,25,26,29). The third-order valence-corrected chi connectivity index (χ3v) is 6.58. The van der Waals surface area contributed by atoms with Crippen molar-refractivity contribution in [1.29, 1.82) is 0 Å². The maximum Gasteiger partial charge on any atom is 0.324 e. The lowest BCUT2D eigenvalue weighted by atomic mass is 10.1. The van der Waals surface area contributed by atoms with Crippen LogP contribution >= 0.6 is 11.3 Å². The Hall–Kier alpha value is -3.78. The number of nitrogens with zero attached hydrogens (tertiary/aromatic N) is 2. The first kappa shape index (κ1) is 19.2. The van der Waals surface area contributed by atoms with Crippen LogP contribution in [0.25, 0.3) is 32.0 Å². The number of aromatic amines is 1. The predicted molar refractivity (Wildman–Crippen MR) is 120 cm³/mol. The summed E-state index contributed by atoms with van der Waals surface area (Å²) in [5.74, 6) is 0.243. The molecule has 31 heavy (non-hydrogen) atoms. The highest BCUT2D eigenvalue weighted by atomic mass is 32.1. The Balaban J connectivity index is 1.48. The highest BCUT2D eigenvalue weighted by Crippen LogP contribution is 2.36. The number of carbonyl (C=O) groups is 2. The Bertz CT molecular complexity index is 1360. The van der Waals surface area contributed by atoms with Crippen molar-refractivity contribution in [2.75, 3.05) is 6.54 Å². The molecule has 0 spiro atoms. The Kier molecular flexibility index (Phi) is 4.63. The van der Waals surface area contributed by atoms with E-state index in [1.54, 1.807) is 0 Å². The van der Waals surface area contributed by atoms with Crippen molar-refractivity contribution in [3.8, 4) is 21.8 Å². The lowest BCUT2D eigenvalue weighted by Crippen LogP contribution is -2.30. The van der Waals surface area contributed by atoms with Gasteiger partial charge in [0.2, 0.25) is 5.91 Å². The number of benzene rings is 2. The molecule has 4 aromatic rings. The molecule has 0 unspecified atom stereocenters. The summed E-state index contributed by atoms with van der Waals surface area (Å²) in [7, 11) is 0. The van der Waals surface area contributed by atoms with Gasteiger partial charge in [-0.1, -0.05) is 54.6 Å². The fourth-order valence-electron chi connectivity index (χ4n) is 3.71. The summed E-state index contributed by atoms with van der Waals surface area (Å²) < 4.78 is 0. The summed E-state index contributed by atoms with van der Waals surface area (Å²) in [6.45, 7) is 2.19. The molecule has 0 aliphatic carbocycles. The van der Waals surface area contributed by atoms with E-state index in [4.69, 9.17) is 4.98 Å². The van der Waals surface area contributed by atoms with Gasteiger partial charge in [-0.05, 0) is 23.6 Å². The number of urea groups is 1. The second-order valence-corrected chi connectivity index (χ2v) is 8.35. The van der Waals surface area contributed by atoms with Crippen molar-refractivity contribution in [3.63, 3.8) is 0 Å². The number of aryl methyl sites for hydroxylation is 1. The molecule has 2 aromatic carbocycles. The third kappa shape index (κ3) is 3.40. The van der Waals surface area contributed by atoms with Crippen LogP contribution in [0.3, 0.4) is 0 Å². The van der Waals surface area contributed by atoms with Gasteiger partial charge in [0.25, 0.3) is 5.56 Å². The average Bonchev–Trinajstić information content (AvgIpc) is 3.29. The zero-order valence-electron chi connectivity index (χ0n) is 16.6. The van der Waals surface area contributed by atoms with E-state index in [0.717, 1.165) is 27.1 Å². The van der Waals surface area contributed by atoms with Crippen LogP contribution in [0.1, 0.15) is 11.1 Å². The van der Waals surface area contributed by atoms with E-state index in [1.165, 1.54) is 16.2 Å². The molecule has 1 saturated heterocycles. The largest absolute Gasteiger partial charge is 0.329 e. The van der Waals surface area contributed by atoms with Crippen LogP contribution in [-0.4, -0.2) is 33.4 Å². The summed E-state index contributed by atoms with van der Waals surface area (Å²) in [6, 6.07) is 16.9. The van der Waals surface area contributed by atoms with E-state index < -0.39 is 0 Å². The summed E-state index contributed by atoms with van der Waals surface area (Å²) in [5, 5.41) is 3.12. The van der Waals surface area contributed by atoms with Gasteiger partial charge in [-0.15, -0.1) is 11.3 Å². The smallest absolute Gasteiger partial charge is 0.324 e. The van der Waals surface area contributed by atoms with Crippen molar-refractivity contribution in [1.82, 2.24) is 20.2 Å². The number of nitrogens with one attached hydrogen (secondary N) is 2. The third-order valence-electron chi connectivity index (χ3n) is 5.34. The van der Waals surface area contributed by atoms with Crippen molar-refractivity contribution in [2.45, 2.75) is 13.5 Å². The van der Waals surface area contributed by atoms with Gasteiger partial charge in [0.05, 0.1) is 18.5 Å². The first-order valence-corrected chi connectivity index (χ1v) is 10.6. The van der Waals surface area contributed by atoms with E-state index in [-0.39, 0.29) is 30.6 Å². The van der Waals surface area contributed by atoms with Crippen molar-refractivity contribution in [2.24, 2.45) is 0 Å². The van der Waals surface area contributed by atoms with Gasteiger partial charge in [-0.2, -0.15) is 0 Å². The van der Waals surface area contributed by atoms with Gasteiger partial charge in [-0.25, -0.2) is 9.78 Å². The van der Waals surface area contributed by atoms with Crippen molar-refractivity contribution >= 4 is 33.5 Å². The highest BCUT2D eigenvalue weighted by Gasteiger charge is 2.28.